The number of morpholine rings is 1. The van der Waals surface area contributed by atoms with Gasteiger partial charge in [-0.2, -0.15) is 0 Å². The van der Waals surface area contributed by atoms with Crippen LogP contribution in [0.4, 0.5) is 0 Å². The van der Waals surface area contributed by atoms with Crippen molar-refractivity contribution >= 4 is 29.9 Å². The van der Waals surface area contributed by atoms with Gasteiger partial charge in [0, 0.05) is 45.8 Å². The molecule has 1 saturated carbocycles. The summed E-state index contributed by atoms with van der Waals surface area (Å²) in [4.78, 5) is 9.95. The second kappa shape index (κ2) is 9.74. The molecule has 3 aliphatic rings. The van der Waals surface area contributed by atoms with Crippen molar-refractivity contribution in [1.82, 2.24) is 15.1 Å². The number of aliphatic imine (C=N–C) groups is 1. The fourth-order valence-corrected chi connectivity index (χ4v) is 4.57. The Labute approximate surface area is 171 Å². The summed E-state index contributed by atoms with van der Waals surface area (Å²) in [5.41, 5.74) is 0.635. The highest BCUT2D eigenvalue weighted by molar-refractivity contribution is 14.0. The molecule has 0 bridgehead atoms. The Morgan fingerprint density at radius 2 is 1.92 bits per heavy atom. The SMILES string of the molecule is CCNC(=NCCCN1CC(C)OC(C)C1)N1CCC2(CCC2)C1.I. The molecule has 2 atom stereocenters. The van der Waals surface area contributed by atoms with Crippen LogP contribution in [0, 0.1) is 5.41 Å². The number of nitrogens with zero attached hydrogens (tertiary/aromatic N) is 3. The zero-order valence-corrected chi connectivity index (χ0v) is 18.6. The molecule has 6 heteroatoms. The van der Waals surface area contributed by atoms with Gasteiger partial charge >= 0.3 is 0 Å². The maximum atomic E-state index is 5.81. The molecule has 25 heavy (non-hydrogen) atoms. The number of halogens is 1. The van der Waals surface area contributed by atoms with Crippen LogP contribution in [0.1, 0.15) is 52.9 Å². The van der Waals surface area contributed by atoms with E-state index in [9.17, 15) is 0 Å². The van der Waals surface area contributed by atoms with Crippen LogP contribution < -0.4 is 5.32 Å². The fraction of sp³-hybridized carbons (Fsp3) is 0.947. The first-order chi connectivity index (χ1) is 11.6. The highest BCUT2D eigenvalue weighted by Crippen LogP contribution is 2.47. The average molecular weight is 464 g/mol. The minimum absolute atomic E-state index is 0. The predicted molar refractivity (Wildman–Crippen MR) is 115 cm³/mol. The number of hydrogen-bond donors (Lipinski definition) is 1. The van der Waals surface area contributed by atoms with Crippen LogP contribution in [-0.4, -0.2) is 73.8 Å². The molecule has 0 aromatic heterocycles. The molecule has 1 spiro atoms. The van der Waals surface area contributed by atoms with Gasteiger partial charge in [0.25, 0.3) is 0 Å². The Morgan fingerprint density at radius 1 is 1.20 bits per heavy atom. The molecule has 0 amide bonds. The molecule has 146 valence electrons. The molecule has 2 saturated heterocycles. The van der Waals surface area contributed by atoms with Crippen LogP contribution in [0.5, 0.6) is 0 Å². The first-order valence-electron chi connectivity index (χ1n) is 10.0. The number of hydrogen-bond acceptors (Lipinski definition) is 3. The number of guanidine groups is 1. The largest absolute Gasteiger partial charge is 0.373 e. The van der Waals surface area contributed by atoms with Crippen molar-refractivity contribution in [1.29, 1.82) is 0 Å². The van der Waals surface area contributed by atoms with Crippen LogP contribution >= 0.6 is 24.0 Å². The van der Waals surface area contributed by atoms with Crippen LogP contribution in [0.2, 0.25) is 0 Å². The third kappa shape index (κ3) is 5.70. The van der Waals surface area contributed by atoms with Gasteiger partial charge in [-0.1, -0.05) is 6.42 Å². The van der Waals surface area contributed by atoms with E-state index in [-0.39, 0.29) is 24.0 Å². The number of likely N-dealkylation sites (tertiary alicyclic amines) is 1. The lowest BCUT2D eigenvalue weighted by Gasteiger charge is -2.38. The molecule has 0 radical (unpaired) electrons. The van der Waals surface area contributed by atoms with Crippen LogP contribution in [0.3, 0.4) is 0 Å². The van der Waals surface area contributed by atoms with Gasteiger partial charge in [-0.15, -0.1) is 24.0 Å². The van der Waals surface area contributed by atoms with E-state index in [4.69, 9.17) is 9.73 Å². The monoisotopic (exact) mass is 464 g/mol. The van der Waals surface area contributed by atoms with Gasteiger partial charge in [0.15, 0.2) is 5.96 Å². The molecular formula is C19H37IN4O. The lowest BCUT2D eigenvalue weighted by Crippen LogP contribution is -2.45. The summed E-state index contributed by atoms with van der Waals surface area (Å²) >= 11 is 0. The Bertz CT molecular complexity index is 431. The molecule has 3 fully saturated rings. The van der Waals surface area contributed by atoms with Crippen LogP contribution in [0.25, 0.3) is 0 Å². The second-order valence-electron chi connectivity index (χ2n) is 8.13. The van der Waals surface area contributed by atoms with Crippen LogP contribution in [-0.2, 0) is 4.74 Å². The summed E-state index contributed by atoms with van der Waals surface area (Å²) in [6.45, 7) is 14.0. The molecule has 1 aliphatic carbocycles. The molecule has 0 aromatic rings. The Hall–Kier alpha value is -0.0800. The summed E-state index contributed by atoms with van der Waals surface area (Å²) in [5.74, 6) is 1.14. The lowest BCUT2D eigenvalue weighted by atomic mass is 9.68. The lowest BCUT2D eigenvalue weighted by molar-refractivity contribution is -0.0679. The van der Waals surface area contributed by atoms with E-state index < -0.39 is 0 Å². The normalized spacial score (nSPS) is 29.4. The molecule has 5 nitrogen and oxygen atoms in total. The van der Waals surface area contributed by atoms with Gasteiger partial charge in [0.05, 0.1) is 12.2 Å². The molecule has 3 rings (SSSR count). The number of rotatable bonds is 5. The third-order valence-corrected chi connectivity index (χ3v) is 5.88. The quantitative estimate of drug-likeness (QED) is 0.294. The van der Waals surface area contributed by atoms with Crippen LogP contribution in [0.15, 0.2) is 4.99 Å². The third-order valence-electron chi connectivity index (χ3n) is 5.88. The van der Waals surface area contributed by atoms with Crippen molar-refractivity contribution in [3.05, 3.63) is 0 Å². The summed E-state index contributed by atoms with van der Waals surface area (Å²) in [6, 6.07) is 0. The van der Waals surface area contributed by atoms with E-state index in [0.717, 1.165) is 45.1 Å². The van der Waals surface area contributed by atoms with E-state index in [1.54, 1.807) is 0 Å². The highest BCUT2D eigenvalue weighted by atomic mass is 127. The van der Waals surface area contributed by atoms with Crippen molar-refractivity contribution in [3.63, 3.8) is 0 Å². The van der Waals surface area contributed by atoms with Gasteiger partial charge in [-0.3, -0.25) is 9.89 Å². The smallest absolute Gasteiger partial charge is 0.193 e. The molecular weight excluding hydrogens is 427 g/mol. The Balaban J connectivity index is 0.00000225. The predicted octanol–water partition coefficient (Wildman–Crippen LogP) is 2.95. The topological polar surface area (TPSA) is 40.1 Å². The van der Waals surface area contributed by atoms with Crippen molar-refractivity contribution in [3.8, 4) is 0 Å². The summed E-state index contributed by atoms with van der Waals surface area (Å²) in [6.07, 6.45) is 7.49. The zero-order valence-electron chi connectivity index (χ0n) is 16.3. The molecule has 2 unspecified atom stereocenters. The van der Waals surface area contributed by atoms with Gasteiger partial charge < -0.3 is 15.0 Å². The zero-order chi connectivity index (χ0) is 17.0. The minimum Gasteiger partial charge on any atom is -0.373 e. The van der Waals surface area contributed by atoms with Gasteiger partial charge in [0.1, 0.15) is 0 Å². The average Bonchev–Trinajstić information content (AvgIpc) is 2.95. The highest BCUT2D eigenvalue weighted by Gasteiger charge is 2.43. The minimum atomic E-state index is 0. The molecule has 1 N–H and O–H groups in total. The maximum Gasteiger partial charge on any atom is 0.193 e. The number of nitrogens with one attached hydrogen (secondary N) is 1. The van der Waals surface area contributed by atoms with E-state index in [1.165, 1.54) is 38.8 Å². The van der Waals surface area contributed by atoms with E-state index in [2.05, 4.69) is 35.9 Å². The molecule has 2 heterocycles. The van der Waals surface area contributed by atoms with Crippen molar-refractivity contribution in [2.24, 2.45) is 10.4 Å². The summed E-state index contributed by atoms with van der Waals surface area (Å²) in [7, 11) is 0. The summed E-state index contributed by atoms with van der Waals surface area (Å²) in [5, 5.41) is 3.51. The van der Waals surface area contributed by atoms with Gasteiger partial charge in [-0.25, -0.2) is 0 Å². The maximum absolute atomic E-state index is 5.81. The first-order valence-corrected chi connectivity index (χ1v) is 10.0. The van der Waals surface area contributed by atoms with Crippen molar-refractivity contribution in [2.45, 2.75) is 65.1 Å². The van der Waals surface area contributed by atoms with Crippen molar-refractivity contribution in [2.75, 3.05) is 45.8 Å². The standard InChI is InChI=1S/C19H36N4O.HI/c1-4-20-18(23-12-9-19(15-23)7-5-8-19)21-10-6-11-22-13-16(2)24-17(3)14-22;/h16-17H,4-15H2,1-3H3,(H,20,21);1H. The second-order valence-corrected chi connectivity index (χ2v) is 8.13. The van der Waals surface area contributed by atoms with Gasteiger partial charge in [-0.05, 0) is 51.9 Å². The van der Waals surface area contributed by atoms with Crippen molar-refractivity contribution < 1.29 is 4.74 Å². The van der Waals surface area contributed by atoms with E-state index >= 15 is 0 Å². The fourth-order valence-electron chi connectivity index (χ4n) is 4.57. The van der Waals surface area contributed by atoms with Gasteiger partial charge in [0.2, 0.25) is 0 Å². The Kier molecular flexibility index (Phi) is 8.27. The number of ether oxygens (including phenoxy) is 1. The van der Waals surface area contributed by atoms with E-state index in [0.29, 0.717) is 17.6 Å². The summed E-state index contributed by atoms with van der Waals surface area (Å²) < 4.78 is 5.81. The first kappa shape index (κ1) is 21.2. The molecule has 2 aliphatic heterocycles. The van der Waals surface area contributed by atoms with E-state index in [1.807, 2.05) is 0 Å². The molecule has 0 aromatic carbocycles. The Morgan fingerprint density at radius 3 is 2.48 bits per heavy atom.